The lowest BCUT2D eigenvalue weighted by molar-refractivity contribution is -0.122. The first-order valence-electron chi connectivity index (χ1n) is 10.1. The quantitative estimate of drug-likeness (QED) is 0.609. The fourth-order valence-corrected chi connectivity index (χ4v) is 3.35. The number of carbonyl (C=O) groups excluding carboxylic acids is 2. The molecule has 1 aliphatic heterocycles. The molecule has 0 spiro atoms. The first-order valence-corrected chi connectivity index (χ1v) is 10.1. The summed E-state index contributed by atoms with van der Waals surface area (Å²) in [7, 11) is 0. The fourth-order valence-electron chi connectivity index (χ4n) is 3.35. The third kappa shape index (κ3) is 4.39. The summed E-state index contributed by atoms with van der Waals surface area (Å²) in [5, 5.41) is 6.85. The summed E-state index contributed by atoms with van der Waals surface area (Å²) in [4.78, 5) is 38.9. The molecular formula is C22H22FN5O4. The van der Waals surface area contributed by atoms with Gasteiger partial charge in [-0.1, -0.05) is 12.1 Å². The van der Waals surface area contributed by atoms with E-state index in [1.54, 1.807) is 0 Å². The van der Waals surface area contributed by atoms with Gasteiger partial charge in [-0.15, -0.1) is 0 Å². The van der Waals surface area contributed by atoms with Crippen molar-refractivity contribution < 1.29 is 18.7 Å². The van der Waals surface area contributed by atoms with Crippen molar-refractivity contribution in [3.63, 3.8) is 0 Å². The molecule has 10 heteroatoms. The summed E-state index contributed by atoms with van der Waals surface area (Å²) < 4.78 is 20.6. The van der Waals surface area contributed by atoms with Crippen LogP contribution in [0.3, 0.4) is 0 Å². The Bertz CT molecular complexity index is 1200. The maximum atomic E-state index is 13.1. The van der Waals surface area contributed by atoms with Crippen molar-refractivity contribution in [3.8, 4) is 5.75 Å². The van der Waals surface area contributed by atoms with E-state index in [0.29, 0.717) is 5.69 Å². The topological polar surface area (TPSA) is 98.5 Å². The Labute approximate surface area is 183 Å². The monoisotopic (exact) mass is 439 g/mol. The van der Waals surface area contributed by atoms with Crippen molar-refractivity contribution in [2.24, 2.45) is 0 Å². The van der Waals surface area contributed by atoms with Gasteiger partial charge in [-0.05, 0) is 55.8 Å². The first kappa shape index (κ1) is 21.3. The largest absolute Gasteiger partial charge is 0.491 e. The van der Waals surface area contributed by atoms with E-state index in [9.17, 15) is 18.8 Å². The number of aromatic nitrogens is 3. The van der Waals surface area contributed by atoms with E-state index >= 15 is 0 Å². The SMILES string of the molecule is CC(C)Oc1ccc(CNC(=O)Cn2nc3n(c2=O)C(=O)N(c2ccc(F)cc2)C3)cc1. The van der Waals surface area contributed by atoms with E-state index in [0.717, 1.165) is 20.6 Å². The fraction of sp³-hybridized carbons (Fsp3) is 0.273. The van der Waals surface area contributed by atoms with Crippen molar-refractivity contribution >= 4 is 17.6 Å². The molecular weight excluding hydrogens is 417 g/mol. The van der Waals surface area contributed by atoms with Crippen molar-refractivity contribution in [1.82, 2.24) is 19.7 Å². The zero-order chi connectivity index (χ0) is 22.8. The molecule has 166 valence electrons. The zero-order valence-corrected chi connectivity index (χ0v) is 17.6. The number of nitrogens with one attached hydrogen (secondary N) is 1. The molecule has 0 radical (unpaired) electrons. The van der Waals surface area contributed by atoms with Gasteiger partial charge in [-0.2, -0.15) is 9.67 Å². The Morgan fingerprint density at radius 2 is 1.81 bits per heavy atom. The number of hydrogen-bond acceptors (Lipinski definition) is 5. The van der Waals surface area contributed by atoms with Crippen LogP contribution in [0.15, 0.2) is 53.3 Å². The van der Waals surface area contributed by atoms with Crippen molar-refractivity contribution in [3.05, 3.63) is 76.2 Å². The molecule has 0 fully saturated rings. The number of carbonyl (C=O) groups is 2. The Hall–Kier alpha value is -3.95. The Morgan fingerprint density at radius 3 is 2.44 bits per heavy atom. The number of ether oxygens (including phenoxy) is 1. The van der Waals surface area contributed by atoms with Gasteiger partial charge in [0.15, 0.2) is 5.82 Å². The normalized spacial score (nSPS) is 12.9. The number of amides is 2. The number of nitrogens with zero attached hydrogens (tertiary/aromatic N) is 4. The second kappa shape index (κ2) is 8.66. The minimum Gasteiger partial charge on any atom is -0.491 e. The Kier molecular flexibility index (Phi) is 5.76. The second-order valence-corrected chi connectivity index (χ2v) is 7.62. The van der Waals surface area contributed by atoms with E-state index in [2.05, 4.69) is 10.4 Å². The third-order valence-corrected chi connectivity index (χ3v) is 4.84. The summed E-state index contributed by atoms with van der Waals surface area (Å²) in [6.07, 6.45) is 0.0741. The predicted octanol–water partition coefficient (Wildman–Crippen LogP) is 2.28. The van der Waals surface area contributed by atoms with Crippen LogP contribution in [0.4, 0.5) is 14.9 Å². The van der Waals surface area contributed by atoms with E-state index in [-0.39, 0.29) is 31.6 Å². The van der Waals surface area contributed by atoms with Gasteiger partial charge in [0.1, 0.15) is 18.1 Å². The van der Waals surface area contributed by atoms with Crippen LogP contribution in [-0.2, 0) is 24.4 Å². The molecule has 1 aromatic heterocycles. The average molecular weight is 439 g/mol. The molecule has 2 amide bonds. The molecule has 0 atom stereocenters. The maximum absolute atomic E-state index is 13.1. The molecule has 0 bridgehead atoms. The lowest BCUT2D eigenvalue weighted by Gasteiger charge is -2.14. The molecule has 1 aliphatic rings. The van der Waals surface area contributed by atoms with Gasteiger partial charge in [0.2, 0.25) is 5.91 Å². The highest BCUT2D eigenvalue weighted by Crippen LogP contribution is 2.22. The minimum atomic E-state index is -0.694. The van der Waals surface area contributed by atoms with E-state index in [4.69, 9.17) is 4.74 Å². The number of benzene rings is 2. The van der Waals surface area contributed by atoms with Gasteiger partial charge in [0.25, 0.3) is 0 Å². The highest BCUT2D eigenvalue weighted by atomic mass is 19.1. The molecule has 0 saturated carbocycles. The molecule has 2 aromatic carbocycles. The van der Waals surface area contributed by atoms with Gasteiger partial charge >= 0.3 is 11.7 Å². The lowest BCUT2D eigenvalue weighted by atomic mass is 10.2. The number of halogens is 1. The van der Waals surface area contributed by atoms with Crippen LogP contribution in [0.2, 0.25) is 0 Å². The van der Waals surface area contributed by atoms with E-state index in [1.807, 2.05) is 38.1 Å². The molecule has 0 aliphatic carbocycles. The van der Waals surface area contributed by atoms with Crippen LogP contribution in [0.1, 0.15) is 25.2 Å². The number of hydrogen-bond donors (Lipinski definition) is 1. The first-order chi connectivity index (χ1) is 15.3. The van der Waals surface area contributed by atoms with E-state index in [1.165, 1.54) is 29.2 Å². The van der Waals surface area contributed by atoms with Crippen LogP contribution >= 0.6 is 0 Å². The lowest BCUT2D eigenvalue weighted by Crippen LogP contribution is -2.37. The maximum Gasteiger partial charge on any atom is 0.354 e. The van der Waals surface area contributed by atoms with Crippen LogP contribution in [0.25, 0.3) is 0 Å². The van der Waals surface area contributed by atoms with Crippen LogP contribution in [0.5, 0.6) is 5.75 Å². The summed E-state index contributed by atoms with van der Waals surface area (Å²) in [6.45, 7) is 3.90. The Morgan fingerprint density at radius 1 is 1.12 bits per heavy atom. The van der Waals surface area contributed by atoms with Crippen LogP contribution < -0.4 is 20.6 Å². The van der Waals surface area contributed by atoms with E-state index < -0.39 is 23.4 Å². The van der Waals surface area contributed by atoms with Crippen LogP contribution in [0, 0.1) is 5.82 Å². The van der Waals surface area contributed by atoms with Gasteiger partial charge in [-0.3, -0.25) is 9.69 Å². The predicted molar refractivity (Wildman–Crippen MR) is 114 cm³/mol. The summed E-state index contributed by atoms with van der Waals surface area (Å²) in [6, 6.07) is 12.1. The van der Waals surface area contributed by atoms with Gasteiger partial charge < -0.3 is 10.1 Å². The van der Waals surface area contributed by atoms with Gasteiger partial charge in [-0.25, -0.2) is 18.7 Å². The van der Waals surface area contributed by atoms with Crippen molar-refractivity contribution in [2.75, 3.05) is 4.90 Å². The standard InChI is InChI=1S/C22H22FN5O4/c1-14(2)32-18-9-3-15(4-10-18)11-24-20(29)13-27-22(31)28-19(25-27)12-26(21(28)30)17-7-5-16(23)6-8-17/h3-10,14H,11-13H2,1-2H3,(H,24,29). The smallest absolute Gasteiger partial charge is 0.354 e. The highest BCUT2D eigenvalue weighted by Gasteiger charge is 2.33. The van der Waals surface area contributed by atoms with Crippen molar-refractivity contribution in [1.29, 1.82) is 0 Å². The highest BCUT2D eigenvalue weighted by molar-refractivity contribution is 5.96. The molecule has 9 nitrogen and oxygen atoms in total. The summed E-state index contributed by atoms with van der Waals surface area (Å²) in [5.74, 6) is 0.131. The average Bonchev–Trinajstić information content (AvgIpc) is 3.24. The van der Waals surface area contributed by atoms with Crippen molar-refractivity contribution in [2.45, 2.75) is 39.6 Å². The van der Waals surface area contributed by atoms with Gasteiger partial charge in [0.05, 0.1) is 12.6 Å². The second-order valence-electron chi connectivity index (χ2n) is 7.62. The molecule has 32 heavy (non-hydrogen) atoms. The molecule has 2 heterocycles. The zero-order valence-electron chi connectivity index (χ0n) is 17.6. The third-order valence-electron chi connectivity index (χ3n) is 4.84. The molecule has 1 N–H and O–H groups in total. The number of rotatable bonds is 7. The van der Waals surface area contributed by atoms with Crippen LogP contribution in [-0.4, -0.2) is 32.4 Å². The number of anilines is 1. The van der Waals surface area contributed by atoms with Gasteiger partial charge in [0, 0.05) is 12.2 Å². The summed E-state index contributed by atoms with van der Waals surface area (Å²) in [5.41, 5.74) is 0.634. The molecule has 3 aromatic rings. The molecule has 0 unspecified atom stereocenters. The molecule has 4 rings (SSSR count). The Balaban J connectivity index is 1.37. The number of fused-ring (bicyclic) bond motifs is 1. The molecule has 0 saturated heterocycles. The minimum absolute atomic E-state index is 0.0547. The summed E-state index contributed by atoms with van der Waals surface area (Å²) >= 11 is 0.